The molecule has 0 aliphatic rings. The molecule has 0 fully saturated rings. The Morgan fingerprint density at radius 2 is 2.18 bits per heavy atom. The van der Waals surface area contributed by atoms with Crippen molar-refractivity contribution < 1.29 is 0 Å². The van der Waals surface area contributed by atoms with Gasteiger partial charge in [-0.2, -0.15) is 0 Å². The molecule has 3 nitrogen and oxygen atoms in total. The van der Waals surface area contributed by atoms with Gasteiger partial charge in [-0.25, -0.2) is 4.98 Å². The van der Waals surface area contributed by atoms with Crippen LogP contribution in [0, 0.1) is 6.92 Å². The van der Waals surface area contributed by atoms with Crippen LogP contribution in [0.1, 0.15) is 29.4 Å². The van der Waals surface area contributed by atoms with Crippen molar-refractivity contribution in [3.63, 3.8) is 0 Å². The fraction of sp³-hybridized carbons (Fsp3) is 0.357. The minimum absolute atomic E-state index is 0.593. The van der Waals surface area contributed by atoms with Crippen LogP contribution in [0.25, 0.3) is 0 Å². The van der Waals surface area contributed by atoms with Crippen LogP contribution in [0.4, 0.5) is 0 Å². The molecule has 3 heteroatoms. The summed E-state index contributed by atoms with van der Waals surface area (Å²) in [6.45, 7) is 5.82. The van der Waals surface area contributed by atoms with Gasteiger partial charge in [-0.3, -0.25) is 0 Å². The third kappa shape index (κ3) is 2.56. The maximum Gasteiger partial charge on any atom is 0.113 e. The monoisotopic (exact) mass is 229 g/mol. The summed E-state index contributed by atoms with van der Waals surface area (Å²) in [5.74, 6) is 1.12. The van der Waals surface area contributed by atoms with E-state index in [1.54, 1.807) is 0 Å². The van der Waals surface area contributed by atoms with Crippen molar-refractivity contribution in [1.29, 1.82) is 0 Å². The van der Waals surface area contributed by atoms with Crippen molar-refractivity contribution in [3.05, 3.63) is 53.1 Å². The van der Waals surface area contributed by atoms with Crippen LogP contribution >= 0.6 is 0 Å². The van der Waals surface area contributed by atoms with Crippen molar-refractivity contribution in [1.82, 2.24) is 9.55 Å². The minimum Gasteiger partial charge on any atom is -0.335 e. The predicted molar refractivity (Wildman–Crippen MR) is 69.8 cm³/mol. The number of nitrogens with zero attached hydrogens (tertiary/aromatic N) is 2. The zero-order chi connectivity index (χ0) is 12.3. The third-order valence-corrected chi connectivity index (χ3v) is 3.14. The van der Waals surface area contributed by atoms with E-state index in [9.17, 15) is 0 Å². The largest absolute Gasteiger partial charge is 0.335 e. The molecule has 0 aliphatic heterocycles. The maximum absolute atomic E-state index is 5.68. The van der Waals surface area contributed by atoms with Crippen molar-refractivity contribution in [3.8, 4) is 0 Å². The smallest absolute Gasteiger partial charge is 0.113 e. The molecule has 0 aliphatic carbocycles. The van der Waals surface area contributed by atoms with E-state index in [1.807, 2.05) is 12.4 Å². The number of benzene rings is 1. The number of aryl methyl sites for hydroxylation is 2. The molecule has 2 aromatic rings. The first-order chi connectivity index (χ1) is 8.24. The van der Waals surface area contributed by atoms with Gasteiger partial charge in [0.05, 0.1) is 0 Å². The Labute approximate surface area is 102 Å². The summed E-state index contributed by atoms with van der Waals surface area (Å²) in [7, 11) is 0. The predicted octanol–water partition coefficient (Wildman–Crippen LogP) is 2.26. The van der Waals surface area contributed by atoms with E-state index in [0.717, 1.165) is 18.8 Å². The lowest BCUT2D eigenvalue weighted by molar-refractivity contribution is 0.711. The molecule has 90 valence electrons. The molecule has 0 atom stereocenters. The molecule has 0 unspecified atom stereocenters. The molecule has 0 amide bonds. The Bertz CT molecular complexity index is 500. The minimum atomic E-state index is 0.593. The van der Waals surface area contributed by atoms with E-state index in [0.29, 0.717) is 6.54 Å². The fourth-order valence-corrected chi connectivity index (χ4v) is 2.01. The molecule has 0 radical (unpaired) electrons. The zero-order valence-corrected chi connectivity index (χ0v) is 10.5. The van der Waals surface area contributed by atoms with Crippen LogP contribution in [-0.2, 0) is 19.5 Å². The molecule has 2 rings (SSSR count). The van der Waals surface area contributed by atoms with Crippen molar-refractivity contribution in [2.45, 2.75) is 33.4 Å². The van der Waals surface area contributed by atoms with Gasteiger partial charge in [-0.05, 0) is 30.5 Å². The summed E-state index contributed by atoms with van der Waals surface area (Å²) in [6.07, 6.45) is 4.76. The molecular weight excluding hydrogens is 210 g/mol. The summed E-state index contributed by atoms with van der Waals surface area (Å²) >= 11 is 0. The second-order valence-corrected chi connectivity index (χ2v) is 4.27. The average Bonchev–Trinajstić information content (AvgIpc) is 2.79. The van der Waals surface area contributed by atoms with Gasteiger partial charge in [0.15, 0.2) is 0 Å². The lowest BCUT2D eigenvalue weighted by Crippen LogP contribution is -2.04. The van der Waals surface area contributed by atoms with Crippen molar-refractivity contribution >= 4 is 0 Å². The SMILES string of the molecule is CCn1ccnc1Cc1cc(CN)ccc1C. The maximum atomic E-state index is 5.68. The quantitative estimate of drug-likeness (QED) is 0.874. The molecule has 0 spiro atoms. The summed E-state index contributed by atoms with van der Waals surface area (Å²) in [5, 5.41) is 0. The number of rotatable bonds is 4. The van der Waals surface area contributed by atoms with Gasteiger partial charge < -0.3 is 10.3 Å². The summed E-state index contributed by atoms with van der Waals surface area (Å²) < 4.78 is 2.18. The number of aromatic nitrogens is 2. The highest BCUT2D eigenvalue weighted by molar-refractivity contribution is 5.33. The van der Waals surface area contributed by atoms with Gasteiger partial charge >= 0.3 is 0 Å². The standard InChI is InChI=1S/C14H19N3/c1-3-17-7-6-16-14(17)9-13-8-12(10-15)5-4-11(13)2/h4-8H,3,9-10,15H2,1-2H3. The average molecular weight is 229 g/mol. The van der Waals surface area contributed by atoms with E-state index >= 15 is 0 Å². The second kappa shape index (κ2) is 5.15. The van der Waals surface area contributed by atoms with Gasteiger partial charge in [-0.1, -0.05) is 18.2 Å². The van der Waals surface area contributed by atoms with E-state index in [2.05, 4.69) is 41.6 Å². The number of imidazole rings is 1. The highest BCUT2D eigenvalue weighted by atomic mass is 15.0. The molecule has 1 aromatic carbocycles. The van der Waals surface area contributed by atoms with Gasteiger partial charge in [0, 0.05) is 31.9 Å². The topological polar surface area (TPSA) is 43.8 Å². The molecule has 2 N–H and O–H groups in total. The van der Waals surface area contributed by atoms with E-state index in [4.69, 9.17) is 5.73 Å². The Morgan fingerprint density at radius 3 is 2.88 bits per heavy atom. The van der Waals surface area contributed by atoms with Crippen LogP contribution in [0.15, 0.2) is 30.6 Å². The van der Waals surface area contributed by atoms with E-state index < -0.39 is 0 Å². The van der Waals surface area contributed by atoms with Gasteiger partial charge in [0.25, 0.3) is 0 Å². The first-order valence-electron chi connectivity index (χ1n) is 6.03. The molecule has 0 saturated heterocycles. The highest BCUT2D eigenvalue weighted by Crippen LogP contribution is 2.15. The molecular formula is C14H19N3. The normalized spacial score (nSPS) is 10.8. The Hall–Kier alpha value is -1.61. The van der Waals surface area contributed by atoms with Crippen molar-refractivity contribution in [2.24, 2.45) is 5.73 Å². The van der Waals surface area contributed by atoms with Crippen molar-refractivity contribution in [2.75, 3.05) is 0 Å². The zero-order valence-electron chi connectivity index (χ0n) is 10.5. The van der Waals surface area contributed by atoms with Crippen LogP contribution in [0.5, 0.6) is 0 Å². The fourth-order valence-electron chi connectivity index (χ4n) is 2.01. The van der Waals surface area contributed by atoms with Crippen LogP contribution < -0.4 is 5.73 Å². The highest BCUT2D eigenvalue weighted by Gasteiger charge is 2.06. The molecule has 1 heterocycles. The Morgan fingerprint density at radius 1 is 1.35 bits per heavy atom. The van der Waals surface area contributed by atoms with Gasteiger partial charge in [0.2, 0.25) is 0 Å². The number of nitrogens with two attached hydrogens (primary N) is 1. The summed E-state index contributed by atoms with van der Waals surface area (Å²) in [6, 6.07) is 6.41. The lowest BCUT2D eigenvalue weighted by Gasteiger charge is -2.09. The van der Waals surface area contributed by atoms with Crippen LogP contribution in [0.3, 0.4) is 0 Å². The number of hydrogen-bond acceptors (Lipinski definition) is 2. The number of hydrogen-bond donors (Lipinski definition) is 1. The lowest BCUT2D eigenvalue weighted by atomic mass is 10.0. The van der Waals surface area contributed by atoms with Crippen LogP contribution in [0.2, 0.25) is 0 Å². The summed E-state index contributed by atoms with van der Waals surface area (Å²) in [5.41, 5.74) is 9.47. The first-order valence-corrected chi connectivity index (χ1v) is 6.03. The van der Waals surface area contributed by atoms with E-state index in [1.165, 1.54) is 16.7 Å². The Balaban J connectivity index is 2.29. The molecule has 0 bridgehead atoms. The molecule has 0 saturated carbocycles. The van der Waals surface area contributed by atoms with Gasteiger partial charge in [-0.15, -0.1) is 0 Å². The van der Waals surface area contributed by atoms with Crippen LogP contribution in [-0.4, -0.2) is 9.55 Å². The third-order valence-electron chi connectivity index (χ3n) is 3.14. The second-order valence-electron chi connectivity index (χ2n) is 4.27. The van der Waals surface area contributed by atoms with Gasteiger partial charge in [0.1, 0.15) is 5.82 Å². The summed E-state index contributed by atoms with van der Waals surface area (Å²) in [4.78, 5) is 4.41. The Kier molecular flexibility index (Phi) is 3.59. The van der Waals surface area contributed by atoms with E-state index in [-0.39, 0.29) is 0 Å². The molecule has 1 aromatic heterocycles. The molecule has 17 heavy (non-hydrogen) atoms. The first kappa shape index (κ1) is 11.9.